The molecule has 3 rings (SSSR count). The van der Waals surface area contributed by atoms with E-state index in [1.165, 1.54) is 23.3 Å². The summed E-state index contributed by atoms with van der Waals surface area (Å²) in [7, 11) is 0. The van der Waals surface area contributed by atoms with Crippen LogP contribution in [0.3, 0.4) is 0 Å². The molecule has 4 heteroatoms. The number of halogens is 3. The number of aryl methyl sites for hydroxylation is 1. The van der Waals surface area contributed by atoms with Crippen LogP contribution in [0.1, 0.15) is 17.5 Å². The van der Waals surface area contributed by atoms with E-state index in [1.807, 2.05) is 0 Å². The van der Waals surface area contributed by atoms with Crippen molar-refractivity contribution in [2.45, 2.75) is 25.3 Å². The highest BCUT2D eigenvalue weighted by molar-refractivity contribution is 6.39. The molecule has 0 heterocycles. The fourth-order valence-electron chi connectivity index (χ4n) is 2.71. The molecule has 0 fully saturated rings. The molecule has 0 aliphatic heterocycles. The molecule has 1 nitrogen and oxygen atoms in total. The highest BCUT2D eigenvalue weighted by Crippen LogP contribution is 2.33. The normalized spacial score (nSPS) is 17.6. The van der Waals surface area contributed by atoms with Crippen molar-refractivity contribution in [1.82, 2.24) is 0 Å². The molecular weight excluding hydrogens is 296 g/mol. The Morgan fingerprint density at radius 1 is 1.05 bits per heavy atom. The molecule has 0 bridgehead atoms. The Bertz CT molecular complexity index is 619. The van der Waals surface area contributed by atoms with E-state index < -0.39 is 5.82 Å². The molecule has 1 aliphatic carbocycles. The Hall–Kier alpha value is -1.25. The fourth-order valence-corrected chi connectivity index (χ4v) is 3.27. The van der Waals surface area contributed by atoms with Gasteiger partial charge >= 0.3 is 0 Å². The van der Waals surface area contributed by atoms with Crippen LogP contribution in [-0.4, -0.2) is 6.04 Å². The van der Waals surface area contributed by atoms with Crippen LogP contribution in [0, 0.1) is 5.82 Å². The van der Waals surface area contributed by atoms with E-state index in [0.29, 0.717) is 15.7 Å². The second kappa shape index (κ2) is 5.63. The molecule has 2 aromatic carbocycles. The Morgan fingerprint density at radius 3 is 2.40 bits per heavy atom. The molecule has 1 unspecified atom stereocenters. The minimum Gasteiger partial charge on any atom is -0.380 e. The van der Waals surface area contributed by atoms with Crippen LogP contribution in [0.2, 0.25) is 10.0 Å². The van der Waals surface area contributed by atoms with Crippen molar-refractivity contribution in [3.8, 4) is 0 Å². The summed E-state index contributed by atoms with van der Waals surface area (Å²) in [5.41, 5.74) is 3.38. The third kappa shape index (κ3) is 2.77. The van der Waals surface area contributed by atoms with Gasteiger partial charge in [-0.2, -0.15) is 0 Å². The molecule has 20 heavy (non-hydrogen) atoms. The Balaban J connectivity index is 1.80. The summed E-state index contributed by atoms with van der Waals surface area (Å²) >= 11 is 12.1. The highest BCUT2D eigenvalue weighted by atomic mass is 35.5. The van der Waals surface area contributed by atoms with Crippen molar-refractivity contribution in [1.29, 1.82) is 0 Å². The summed E-state index contributed by atoms with van der Waals surface area (Å²) < 4.78 is 13.2. The van der Waals surface area contributed by atoms with Gasteiger partial charge in [-0.3, -0.25) is 0 Å². The quantitative estimate of drug-likeness (QED) is 0.813. The summed E-state index contributed by atoms with van der Waals surface area (Å²) in [4.78, 5) is 0. The Kier molecular flexibility index (Phi) is 3.86. The van der Waals surface area contributed by atoms with Gasteiger partial charge in [0.1, 0.15) is 5.82 Å². The number of nitrogens with one attached hydrogen (secondary N) is 1. The van der Waals surface area contributed by atoms with Crippen molar-refractivity contribution < 1.29 is 4.39 Å². The summed E-state index contributed by atoms with van der Waals surface area (Å²) in [6.07, 6.45) is 2.98. The van der Waals surface area contributed by atoms with Gasteiger partial charge in [-0.15, -0.1) is 0 Å². The molecule has 0 spiro atoms. The van der Waals surface area contributed by atoms with Gasteiger partial charge in [-0.25, -0.2) is 4.39 Å². The highest BCUT2D eigenvalue weighted by Gasteiger charge is 2.20. The van der Waals surface area contributed by atoms with Crippen molar-refractivity contribution in [2.75, 3.05) is 5.32 Å². The van der Waals surface area contributed by atoms with Gasteiger partial charge < -0.3 is 5.32 Å². The number of fused-ring (bicyclic) bond motifs is 1. The van der Waals surface area contributed by atoms with E-state index in [-0.39, 0.29) is 6.04 Å². The molecule has 0 radical (unpaired) electrons. The fraction of sp³-hybridized carbons (Fsp3) is 0.250. The van der Waals surface area contributed by atoms with Gasteiger partial charge in [0.2, 0.25) is 0 Å². The molecule has 0 amide bonds. The number of rotatable bonds is 2. The van der Waals surface area contributed by atoms with Gasteiger partial charge in [-0.05, 0) is 42.5 Å². The van der Waals surface area contributed by atoms with Gasteiger partial charge in [-0.1, -0.05) is 47.5 Å². The topological polar surface area (TPSA) is 12.0 Å². The van der Waals surface area contributed by atoms with Crippen molar-refractivity contribution in [3.63, 3.8) is 0 Å². The van der Waals surface area contributed by atoms with Crippen LogP contribution in [0.25, 0.3) is 0 Å². The largest absolute Gasteiger partial charge is 0.380 e. The molecule has 2 aromatic rings. The monoisotopic (exact) mass is 309 g/mol. The molecule has 0 aromatic heterocycles. The van der Waals surface area contributed by atoms with Gasteiger partial charge in [0.15, 0.2) is 0 Å². The van der Waals surface area contributed by atoms with E-state index in [2.05, 4.69) is 29.6 Å². The first-order chi connectivity index (χ1) is 9.63. The van der Waals surface area contributed by atoms with Gasteiger partial charge in [0.05, 0.1) is 15.7 Å². The van der Waals surface area contributed by atoms with Gasteiger partial charge in [0, 0.05) is 6.04 Å². The zero-order valence-corrected chi connectivity index (χ0v) is 12.3. The standard InChI is InChI=1S/C16H14Cl2FN/c17-14-8-12(19)9-15(18)16(14)20-13-6-5-10-3-1-2-4-11(10)7-13/h1-4,8-9,13,20H,5-7H2. The lowest BCUT2D eigenvalue weighted by Crippen LogP contribution is -2.27. The smallest absolute Gasteiger partial charge is 0.126 e. The molecule has 0 saturated heterocycles. The van der Waals surface area contributed by atoms with E-state index in [4.69, 9.17) is 23.2 Å². The molecule has 104 valence electrons. The van der Waals surface area contributed by atoms with E-state index in [1.54, 1.807) is 0 Å². The average Bonchev–Trinajstić information content (AvgIpc) is 2.42. The van der Waals surface area contributed by atoms with Crippen LogP contribution in [0.4, 0.5) is 10.1 Å². The number of hydrogen-bond acceptors (Lipinski definition) is 1. The van der Waals surface area contributed by atoms with Crippen LogP contribution in [0.5, 0.6) is 0 Å². The number of hydrogen-bond donors (Lipinski definition) is 1. The number of benzene rings is 2. The molecule has 1 N–H and O–H groups in total. The minimum absolute atomic E-state index is 0.269. The van der Waals surface area contributed by atoms with E-state index >= 15 is 0 Å². The molecule has 0 saturated carbocycles. The maximum Gasteiger partial charge on any atom is 0.126 e. The summed E-state index contributed by atoms with van der Waals surface area (Å²) in [6.45, 7) is 0. The zero-order chi connectivity index (χ0) is 14.1. The van der Waals surface area contributed by atoms with Crippen molar-refractivity contribution >= 4 is 28.9 Å². The first-order valence-electron chi connectivity index (χ1n) is 6.61. The van der Waals surface area contributed by atoms with E-state index in [9.17, 15) is 4.39 Å². The van der Waals surface area contributed by atoms with Crippen molar-refractivity contribution in [3.05, 3.63) is 63.4 Å². The predicted octanol–water partition coefficient (Wildman–Crippen LogP) is 5.10. The zero-order valence-electron chi connectivity index (χ0n) is 10.8. The molecular formula is C16H14Cl2FN. The Morgan fingerprint density at radius 2 is 1.70 bits per heavy atom. The second-order valence-electron chi connectivity index (χ2n) is 5.10. The van der Waals surface area contributed by atoms with Crippen LogP contribution >= 0.6 is 23.2 Å². The average molecular weight is 310 g/mol. The summed E-state index contributed by atoms with van der Waals surface area (Å²) in [5.74, 6) is -0.417. The SMILES string of the molecule is Fc1cc(Cl)c(NC2CCc3ccccc3C2)c(Cl)c1. The van der Waals surface area contributed by atoms with Crippen LogP contribution in [-0.2, 0) is 12.8 Å². The van der Waals surface area contributed by atoms with Crippen molar-refractivity contribution in [2.24, 2.45) is 0 Å². The third-order valence-corrected chi connectivity index (χ3v) is 4.30. The molecule has 1 aliphatic rings. The maximum absolute atomic E-state index is 13.2. The first-order valence-corrected chi connectivity index (χ1v) is 7.37. The van der Waals surface area contributed by atoms with Crippen LogP contribution < -0.4 is 5.32 Å². The third-order valence-electron chi connectivity index (χ3n) is 3.70. The predicted molar refractivity (Wildman–Crippen MR) is 82.3 cm³/mol. The summed E-state index contributed by atoms with van der Waals surface area (Å²) in [6, 6.07) is 11.3. The van der Waals surface area contributed by atoms with Crippen LogP contribution in [0.15, 0.2) is 36.4 Å². The maximum atomic E-state index is 13.2. The minimum atomic E-state index is -0.417. The molecule has 1 atom stereocenters. The lowest BCUT2D eigenvalue weighted by Gasteiger charge is -2.27. The first kappa shape index (κ1) is 13.7. The lowest BCUT2D eigenvalue weighted by molar-refractivity contribution is 0.609. The summed E-state index contributed by atoms with van der Waals surface area (Å²) in [5, 5.41) is 4.01. The second-order valence-corrected chi connectivity index (χ2v) is 5.91. The van der Waals surface area contributed by atoms with Gasteiger partial charge in [0.25, 0.3) is 0 Å². The van der Waals surface area contributed by atoms with E-state index in [0.717, 1.165) is 19.3 Å². The number of anilines is 1. The Labute approximate surface area is 127 Å². The lowest BCUT2D eigenvalue weighted by atomic mass is 9.88.